The third-order valence-electron chi connectivity index (χ3n) is 4.79. The number of amides is 1. The number of hydrogen-bond acceptors (Lipinski definition) is 6. The lowest BCUT2D eigenvalue weighted by Gasteiger charge is -2.35. The standard InChI is InChI=1S/C19H21ClN6OS/c1-13(28-17-15-16(22-12-21-15)23-19(20)24-17)18(27)26-9-7-25(8-10-26)11-14-5-3-2-4-6-14/h2-6,12-13H,7-11H2,1H3,(H,21,22,23,24)/t13-/m1/s1. The van der Waals surface area contributed by atoms with Crippen LogP contribution in [-0.2, 0) is 11.3 Å². The highest BCUT2D eigenvalue weighted by atomic mass is 35.5. The Morgan fingerprint density at radius 3 is 2.71 bits per heavy atom. The minimum absolute atomic E-state index is 0.117. The zero-order valence-corrected chi connectivity index (χ0v) is 17.1. The fourth-order valence-electron chi connectivity index (χ4n) is 3.31. The van der Waals surface area contributed by atoms with E-state index in [0.717, 1.165) is 32.7 Å². The van der Waals surface area contributed by atoms with Crippen LogP contribution < -0.4 is 0 Å². The molecule has 1 atom stereocenters. The number of H-pyrrole nitrogens is 1. The first-order valence-electron chi connectivity index (χ1n) is 9.18. The van der Waals surface area contributed by atoms with E-state index in [4.69, 9.17) is 11.6 Å². The highest BCUT2D eigenvalue weighted by Crippen LogP contribution is 2.29. The molecule has 3 aromatic rings. The van der Waals surface area contributed by atoms with Gasteiger partial charge in [-0.25, -0.2) is 9.97 Å². The first-order valence-corrected chi connectivity index (χ1v) is 10.4. The lowest BCUT2D eigenvalue weighted by molar-refractivity contribution is -0.132. The minimum Gasteiger partial charge on any atom is -0.341 e. The molecular weight excluding hydrogens is 396 g/mol. The van der Waals surface area contributed by atoms with Gasteiger partial charge in [0.25, 0.3) is 0 Å². The van der Waals surface area contributed by atoms with E-state index in [0.29, 0.717) is 16.2 Å². The van der Waals surface area contributed by atoms with Gasteiger partial charge in [-0.05, 0) is 24.1 Å². The van der Waals surface area contributed by atoms with Crippen LogP contribution in [0.15, 0.2) is 41.7 Å². The number of nitrogens with zero attached hydrogens (tertiary/aromatic N) is 5. The van der Waals surface area contributed by atoms with Gasteiger partial charge in [-0.2, -0.15) is 4.98 Å². The Bertz CT molecular complexity index is 957. The molecule has 0 unspecified atom stereocenters. The van der Waals surface area contributed by atoms with Crippen LogP contribution >= 0.6 is 23.4 Å². The average molecular weight is 417 g/mol. The van der Waals surface area contributed by atoms with Crippen LogP contribution in [0.4, 0.5) is 0 Å². The van der Waals surface area contributed by atoms with E-state index in [1.165, 1.54) is 17.3 Å². The number of piperazine rings is 1. The number of carbonyl (C=O) groups excluding carboxylic acids is 1. The molecule has 1 amide bonds. The van der Waals surface area contributed by atoms with Crippen molar-refractivity contribution >= 4 is 40.4 Å². The zero-order chi connectivity index (χ0) is 19.5. The molecule has 3 heterocycles. The quantitative estimate of drug-likeness (QED) is 0.391. The maximum atomic E-state index is 12.9. The second-order valence-corrected chi connectivity index (χ2v) is 8.41. The largest absolute Gasteiger partial charge is 0.341 e. The van der Waals surface area contributed by atoms with Crippen LogP contribution in [0.2, 0.25) is 5.28 Å². The molecule has 1 aliphatic rings. The summed E-state index contributed by atoms with van der Waals surface area (Å²) < 4.78 is 0. The monoisotopic (exact) mass is 416 g/mol. The van der Waals surface area contributed by atoms with Crippen LogP contribution in [0.1, 0.15) is 12.5 Å². The highest BCUT2D eigenvalue weighted by molar-refractivity contribution is 8.00. The number of hydrogen-bond donors (Lipinski definition) is 1. The summed E-state index contributed by atoms with van der Waals surface area (Å²) in [6, 6.07) is 10.4. The summed E-state index contributed by atoms with van der Waals surface area (Å²) in [5, 5.41) is 0.519. The van der Waals surface area contributed by atoms with Gasteiger partial charge in [0.1, 0.15) is 10.5 Å². The Hall–Kier alpha value is -2.16. The smallest absolute Gasteiger partial charge is 0.235 e. The van der Waals surface area contributed by atoms with E-state index < -0.39 is 0 Å². The Kier molecular flexibility index (Phi) is 5.79. The normalized spacial score (nSPS) is 16.4. The lowest BCUT2D eigenvalue weighted by Crippen LogP contribution is -2.50. The molecular formula is C19H21ClN6OS. The molecule has 1 aliphatic heterocycles. The summed E-state index contributed by atoms with van der Waals surface area (Å²) in [5.74, 6) is 0.117. The van der Waals surface area contributed by atoms with Crippen molar-refractivity contribution in [2.45, 2.75) is 23.7 Å². The topological polar surface area (TPSA) is 78.0 Å². The van der Waals surface area contributed by atoms with Gasteiger partial charge >= 0.3 is 0 Å². The van der Waals surface area contributed by atoms with E-state index in [9.17, 15) is 4.79 Å². The van der Waals surface area contributed by atoms with Gasteiger partial charge in [0.15, 0.2) is 5.65 Å². The zero-order valence-electron chi connectivity index (χ0n) is 15.5. The molecule has 7 nitrogen and oxygen atoms in total. The SMILES string of the molecule is C[C@@H](Sc1nc(Cl)nc2nc[nH]c12)C(=O)N1CCN(Cc2ccccc2)CC1. The second-order valence-electron chi connectivity index (χ2n) is 6.75. The van der Waals surface area contributed by atoms with Crippen LogP contribution in [0, 0.1) is 0 Å². The van der Waals surface area contributed by atoms with Gasteiger partial charge in [0.05, 0.1) is 11.6 Å². The van der Waals surface area contributed by atoms with Gasteiger partial charge < -0.3 is 9.88 Å². The number of benzene rings is 1. The van der Waals surface area contributed by atoms with Crippen molar-refractivity contribution in [2.75, 3.05) is 26.2 Å². The van der Waals surface area contributed by atoms with Crippen LogP contribution in [0.3, 0.4) is 0 Å². The predicted octanol–water partition coefficient (Wildman–Crippen LogP) is 2.83. The van der Waals surface area contributed by atoms with Crippen LogP contribution in [-0.4, -0.2) is 67.1 Å². The summed E-state index contributed by atoms with van der Waals surface area (Å²) in [6.45, 7) is 6.05. The molecule has 1 N–H and O–H groups in total. The number of rotatable bonds is 5. The average Bonchev–Trinajstić information content (AvgIpc) is 3.17. The first-order chi connectivity index (χ1) is 13.6. The third kappa shape index (κ3) is 4.29. The van der Waals surface area contributed by atoms with Crippen molar-refractivity contribution in [2.24, 2.45) is 0 Å². The number of aromatic amines is 1. The Morgan fingerprint density at radius 1 is 1.21 bits per heavy atom. The number of halogens is 1. The number of thioether (sulfide) groups is 1. The maximum absolute atomic E-state index is 12.9. The number of carbonyl (C=O) groups is 1. The van der Waals surface area contributed by atoms with E-state index in [2.05, 4.69) is 49.1 Å². The number of nitrogens with one attached hydrogen (secondary N) is 1. The number of aromatic nitrogens is 4. The second kappa shape index (κ2) is 8.46. The lowest BCUT2D eigenvalue weighted by atomic mass is 10.2. The summed E-state index contributed by atoms with van der Waals surface area (Å²) in [4.78, 5) is 32.7. The maximum Gasteiger partial charge on any atom is 0.235 e. The molecule has 0 aliphatic carbocycles. The number of fused-ring (bicyclic) bond motifs is 1. The molecule has 9 heteroatoms. The Balaban J connectivity index is 1.35. The fourth-order valence-corrected chi connectivity index (χ4v) is 4.52. The molecule has 2 aromatic heterocycles. The first kappa shape index (κ1) is 19.2. The molecule has 28 heavy (non-hydrogen) atoms. The molecule has 1 fully saturated rings. The molecule has 146 valence electrons. The van der Waals surface area contributed by atoms with Crippen molar-refractivity contribution in [1.29, 1.82) is 0 Å². The van der Waals surface area contributed by atoms with Crippen LogP contribution in [0.25, 0.3) is 11.2 Å². The summed E-state index contributed by atoms with van der Waals surface area (Å²) >= 11 is 7.37. The molecule has 0 saturated carbocycles. The van der Waals surface area contributed by atoms with Gasteiger partial charge in [-0.1, -0.05) is 42.1 Å². The molecule has 0 radical (unpaired) electrons. The van der Waals surface area contributed by atoms with Gasteiger partial charge in [0.2, 0.25) is 11.2 Å². The summed E-state index contributed by atoms with van der Waals surface area (Å²) in [5.41, 5.74) is 2.52. The van der Waals surface area contributed by atoms with E-state index >= 15 is 0 Å². The van der Waals surface area contributed by atoms with Crippen LogP contribution in [0.5, 0.6) is 0 Å². The molecule has 1 aromatic carbocycles. The van der Waals surface area contributed by atoms with Crippen molar-refractivity contribution in [3.8, 4) is 0 Å². The third-order valence-corrected chi connectivity index (χ3v) is 6.04. The summed E-state index contributed by atoms with van der Waals surface area (Å²) in [6.07, 6.45) is 1.55. The highest BCUT2D eigenvalue weighted by Gasteiger charge is 2.26. The molecule has 0 bridgehead atoms. The minimum atomic E-state index is -0.266. The molecule has 0 spiro atoms. The van der Waals surface area contributed by atoms with Crippen molar-refractivity contribution < 1.29 is 4.79 Å². The molecule has 1 saturated heterocycles. The predicted molar refractivity (Wildman–Crippen MR) is 110 cm³/mol. The number of imidazole rings is 1. The van der Waals surface area contributed by atoms with Crippen molar-refractivity contribution in [3.63, 3.8) is 0 Å². The van der Waals surface area contributed by atoms with E-state index in [1.54, 1.807) is 6.33 Å². The Labute approximate surface area is 172 Å². The molecule has 4 rings (SSSR count). The van der Waals surface area contributed by atoms with Crippen molar-refractivity contribution in [1.82, 2.24) is 29.7 Å². The van der Waals surface area contributed by atoms with Gasteiger partial charge in [-0.3, -0.25) is 9.69 Å². The van der Waals surface area contributed by atoms with Gasteiger partial charge in [-0.15, -0.1) is 0 Å². The van der Waals surface area contributed by atoms with Gasteiger partial charge in [0, 0.05) is 32.7 Å². The Morgan fingerprint density at radius 2 is 1.96 bits per heavy atom. The van der Waals surface area contributed by atoms with E-state index in [1.807, 2.05) is 17.9 Å². The van der Waals surface area contributed by atoms with E-state index in [-0.39, 0.29) is 16.4 Å². The summed E-state index contributed by atoms with van der Waals surface area (Å²) in [7, 11) is 0. The van der Waals surface area contributed by atoms with Crippen molar-refractivity contribution in [3.05, 3.63) is 47.5 Å². The fraction of sp³-hybridized carbons (Fsp3) is 0.368.